The minimum absolute atomic E-state index is 0.155. The van der Waals surface area contributed by atoms with E-state index in [4.69, 9.17) is 10.5 Å². The van der Waals surface area contributed by atoms with Crippen molar-refractivity contribution in [3.63, 3.8) is 0 Å². The van der Waals surface area contributed by atoms with Gasteiger partial charge in [0.25, 0.3) is 0 Å². The van der Waals surface area contributed by atoms with E-state index in [9.17, 15) is 9.90 Å². The quantitative estimate of drug-likeness (QED) is 0.731. The van der Waals surface area contributed by atoms with Crippen molar-refractivity contribution in [2.75, 3.05) is 26.2 Å². The van der Waals surface area contributed by atoms with E-state index in [-0.39, 0.29) is 12.0 Å². The summed E-state index contributed by atoms with van der Waals surface area (Å²) in [6, 6.07) is 0. The van der Waals surface area contributed by atoms with Crippen LogP contribution in [0.25, 0.3) is 0 Å². The fourth-order valence-electron chi connectivity index (χ4n) is 2.87. The second-order valence-corrected chi connectivity index (χ2v) is 5.57. The third kappa shape index (κ3) is 3.02. The molecule has 18 heavy (non-hydrogen) atoms. The largest absolute Gasteiger partial charge is 0.480 e. The highest BCUT2D eigenvalue weighted by Gasteiger charge is 2.49. The molecule has 5 nitrogen and oxygen atoms in total. The number of nitrogens with zero attached hydrogens (tertiary/aromatic N) is 1. The molecule has 3 N–H and O–H groups in total. The van der Waals surface area contributed by atoms with E-state index in [1.807, 2.05) is 6.92 Å². The number of ether oxygens (including phenoxy) is 1. The van der Waals surface area contributed by atoms with Gasteiger partial charge in [0, 0.05) is 19.7 Å². The molecule has 104 valence electrons. The maximum atomic E-state index is 11.4. The Morgan fingerprint density at radius 2 is 2.22 bits per heavy atom. The number of rotatable bonds is 6. The van der Waals surface area contributed by atoms with E-state index in [1.54, 1.807) is 0 Å². The summed E-state index contributed by atoms with van der Waals surface area (Å²) in [5.74, 6) is -0.703. The van der Waals surface area contributed by atoms with Crippen LogP contribution in [0.5, 0.6) is 0 Å². The molecule has 1 saturated heterocycles. The van der Waals surface area contributed by atoms with Gasteiger partial charge < -0.3 is 15.6 Å². The predicted octanol–water partition coefficient (Wildman–Crippen LogP) is 0.679. The van der Waals surface area contributed by atoms with E-state index in [0.717, 1.165) is 38.8 Å². The molecule has 2 aliphatic rings. The highest BCUT2D eigenvalue weighted by Crippen LogP contribution is 2.39. The lowest BCUT2D eigenvalue weighted by molar-refractivity contribution is -0.145. The Bertz CT molecular complexity index is 305. The van der Waals surface area contributed by atoms with Gasteiger partial charge in [-0.2, -0.15) is 0 Å². The number of piperidine rings is 1. The molecule has 2 rings (SSSR count). The van der Waals surface area contributed by atoms with Crippen molar-refractivity contribution < 1.29 is 14.6 Å². The van der Waals surface area contributed by atoms with Gasteiger partial charge in [-0.25, -0.2) is 0 Å². The van der Waals surface area contributed by atoms with Crippen molar-refractivity contribution in [1.82, 2.24) is 4.90 Å². The second-order valence-electron chi connectivity index (χ2n) is 5.57. The lowest BCUT2D eigenvalue weighted by atomic mass is 9.92. The molecule has 1 aliphatic heterocycles. The van der Waals surface area contributed by atoms with Gasteiger partial charge in [-0.05, 0) is 45.1 Å². The van der Waals surface area contributed by atoms with Crippen LogP contribution >= 0.6 is 0 Å². The number of hydrogen-bond acceptors (Lipinski definition) is 4. The first kappa shape index (κ1) is 13.8. The number of carboxylic acids is 1. The third-order valence-corrected chi connectivity index (χ3v) is 4.05. The predicted molar refractivity (Wildman–Crippen MR) is 68.4 cm³/mol. The molecule has 0 aromatic carbocycles. The molecule has 2 unspecified atom stereocenters. The summed E-state index contributed by atoms with van der Waals surface area (Å²) in [7, 11) is 0. The highest BCUT2D eigenvalue weighted by molar-refractivity contribution is 5.79. The molecule has 2 atom stereocenters. The van der Waals surface area contributed by atoms with Gasteiger partial charge in [0.15, 0.2) is 0 Å². The van der Waals surface area contributed by atoms with Crippen LogP contribution in [0.3, 0.4) is 0 Å². The van der Waals surface area contributed by atoms with Crippen molar-refractivity contribution in [2.24, 2.45) is 11.7 Å². The van der Waals surface area contributed by atoms with E-state index < -0.39 is 11.5 Å². The Hall–Kier alpha value is -0.650. The summed E-state index contributed by atoms with van der Waals surface area (Å²) in [4.78, 5) is 13.6. The molecule has 1 heterocycles. The van der Waals surface area contributed by atoms with Crippen LogP contribution in [0.1, 0.15) is 32.6 Å². The van der Waals surface area contributed by atoms with Gasteiger partial charge in [-0.1, -0.05) is 0 Å². The van der Waals surface area contributed by atoms with Gasteiger partial charge >= 0.3 is 5.97 Å². The van der Waals surface area contributed by atoms with Crippen molar-refractivity contribution in [3.05, 3.63) is 0 Å². The fraction of sp³-hybridized carbons (Fsp3) is 0.923. The molecule has 0 aromatic heterocycles. The maximum Gasteiger partial charge on any atom is 0.325 e. The lowest BCUT2D eigenvalue weighted by Gasteiger charge is -2.37. The zero-order valence-corrected chi connectivity index (χ0v) is 11.1. The zero-order chi connectivity index (χ0) is 13.2. The van der Waals surface area contributed by atoms with E-state index in [1.165, 1.54) is 0 Å². The molecule has 0 spiro atoms. The highest BCUT2D eigenvalue weighted by atomic mass is 16.5. The second kappa shape index (κ2) is 5.55. The number of carbonyl (C=O) groups is 1. The Morgan fingerprint density at radius 1 is 1.50 bits per heavy atom. The maximum absolute atomic E-state index is 11.4. The Balaban J connectivity index is 1.92. The Labute approximate surface area is 108 Å². The molecule has 0 aromatic rings. The first-order chi connectivity index (χ1) is 8.56. The van der Waals surface area contributed by atoms with Crippen LogP contribution in [0.2, 0.25) is 0 Å². The van der Waals surface area contributed by atoms with Crippen LogP contribution in [0, 0.1) is 5.92 Å². The smallest absolute Gasteiger partial charge is 0.325 e. The van der Waals surface area contributed by atoms with Gasteiger partial charge in [0.2, 0.25) is 0 Å². The minimum atomic E-state index is -1.06. The fourth-order valence-corrected chi connectivity index (χ4v) is 2.87. The minimum Gasteiger partial charge on any atom is -0.480 e. The monoisotopic (exact) mass is 256 g/mol. The molecule has 2 fully saturated rings. The number of aliphatic carboxylic acids is 1. The summed E-state index contributed by atoms with van der Waals surface area (Å²) in [6.07, 6.45) is 4.27. The molecule has 1 saturated carbocycles. The first-order valence-electron chi connectivity index (χ1n) is 6.92. The van der Waals surface area contributed by atoms with E-state index in [0.29, 0.717) is 13.2 Å². The summed E-state index contributed by atoms with van der Waals surface area (Å²) in [6.45, 7) is 4.91. The number of likely N-dealkylation sites (tertiary alicyclic amines) is 1. The van der Waals surface area contributed by atoms with Crippen LogP contribution in [-0.4, -0.2) is 53.9 Å². The molecule has 5 heteroatoms. The van der Waals surface area contributed by atoms with E-state index in [2.05, 4.69) is 4.90 Å². The molecular formula is C13H24N2O3. The summed E-state index contributed by atoms with van der Waals surface area (Å²) >= 11 is 0. The van der Waals surface area contributed by atoms with Gasteiger partial charge in [0.1, 0.15) is 5.54 Å². The van der Waals surface area contributed by atoms with Gasteiger partial charge in [-0.15, -0.1) is 0 Å². The molecule has 0 radical (unpaired) electrons. The van der Waals surface area contributed by atoms with Gasteiger partial charge in [-0.3, -0.25) is 9.69 Å². The van der Waals surface area contributed by atoms with Crippen molar-refractivity contribution in [1.29, 1.82) is 0 Å². The van der Waals surface area contributed by atoms with Gasteiger partial charge in [0.05, 0.1) is 6.10 Å². The number of carboxylic acid groups (broad SMARTS) is 1. The average Bonchev–Trinajstić information content (AvgIpc) is 3.13. The SMILES string of the molecule is CCOC1CCCN(CC(N)(C(=O)O)C2CC2)C1. The number of nitrogens with two attached hydrogens (primary N) is 1. The summed E-state index contributed by atoms with van der Waals surface area (Å²) in [5, 5.41) is 9.36. The molecule has 0 bridgehead atoms. The molecule has 0 amide bonds. The lowest BCUT2D eigenvalue weighted by Crippen LogP contribution is -2.59. The van der Waals surface area contributed by atoms with Crippen LogP contribution in [0.4, 0.5) is 0 Å². The zero-order valence-electron chi connectivity index (χ0n) is 11.1. The number of hydrogen-bond donors (Lipinski definition) is 2. The van der Waals surface area contributed by atoms with E-state index >= 15 is 0 Å². The summed E-state index contributed by atoms with van der Waals surface area (Å²) < 4.78 is 5.63. The Kier molecular flexibility index (Phi) is 4.25. The van der Waals surface area contributed by atoms with Crippen molar-refractivity contribution in [3.8, 4) is 0 Å². The Morgan fingerprint density at radius 3 is 2.78 bits per heavy atom. The van der Waals surface area contributed by atoms with Crippen molar-refractivity contribution in [2.45, 2.75) is 44.2 Å². The van der Waals surface area contributed by atoms with Crippen LogP contribution in [0.15, 0.2) is 0 Å². The topological polar surface area (TPSA) is 75.8 Å². The van der Waals surface area contributed by atoms with Crippen LogP contribution < -0.4 is 5.73 Å². The first-order valence-corrected chi connectivity index (χ1v) is 6.92. The normalized spacial score (nSPS) is 28.9. The standard InChI is InChI=1S/C13H24N2O3/c1-2-18-11-4-3-7-15(8-11)9-13(14,12(16)17)10-5-6-10/h10-11H,2-9,14H2,1H3,(H,16,17). The molecule has 1 aliphatic carbocycles. The summed E-state index contributed by atoms with van der Waals surface area (Å²) in [5.41, 5.74) is 5.05. The van der Waals surface area contributed by atoms with Crippen molar-refractivity contribution >= 4 is 5.97 Å². The van der Waals surface area contributed by atoms with Crippen LogP contribution in [-0.2, 0) is 9.53 Å². The third-order valence-electron chi connectivity index (χ3n) is 4.05. The average molecular weight is 256 g/mol. The molecular weight excluding hydrogens is 232 g/mol.